The average molecular weight is 332 g/mol. The van der Waals surface area contributed by atoms with E-state index in [1.54, 1.807) is 12.0 Å². The van der Waals surface area contributed by atoms with E-state index in [2.05, 4.69) is 43.0 Å². The lowest BCUT2D eigenvalue weighted by Crippen LogP contribution is -3.14. The minimum Gasteiger partial charge on any atom is -0.497 e. The van der Waals surface area contributed by atoms with Crippen LogP contribution in [0.4, 0.5) is 5.69 Å². The average Bonchev–Trinajstić information content (AvgIpc) is 2.61. The van der Waals surface area contributed by atoms with Gasteiger partial charge in [-0.2, -0.15) is 0 Å². The Morgan fingerprint density at radius 1 is 1.12 bits per heavy atom. The highest BCUT2D eigenvalue weighted by Crippen LogP contribution is 2.20. The van der Waals surface area contributed by atoms with Crippen LogP contribution < -0.4 is 14.5 Å². The highest BCUT2D eigenvalue weighted by Gasteiger charge is 2.19. The molecule has 1 N–H and O–H groups in total. The van der Waals surface area contributed by atoms with Crippen molar-refractivity contribution in [2.75, 3.05) is 44.7 Å². The number of rotatable bonds is 9. The van der Waals surface area contributed by atoms with E-state index in [1.165, 1.54) is 63.0 Å². The van der Waals surface area contributed by atoms with E-state index >= 15 is 0 Å². The van der Waals surface area contributed by atoms with Crippen molar-refractivity contribution < 1.29 is 9.64 Å². The number of anilines is 1. The molecule has 1 fully saturated rings. The summed E-state index contributed by atoms with van der Waals surface area (Å²) in [5.74, 6) is 0.954. The summed E-state index contributed by atoms with van der Waals surface area (Å²) in [6.45, 7) is 10.5. The molecule has 1 aromatic rings. The summed E-state index contributed by atoms with van der Waals surface area (Å²) in [5, 5.41) is 0. The molecule has 0 aliphatic carbocycles. The molecule has 3 heteroatoms. The maximum Gasteiger partial charge on any atom is 0.120 e. The quantitative estimate of drug-likeness (QED) is 0.552. The topological polar surface area (TPSA) is 16.9 Å². The standard InChI is InChI=1S/C21H34N2O/c1-19(2)10-7-5-4-6-8-13-22-14-16-23(17-15-22)20-11-9-12-21(18-20)24-3/h9-12,18H,4-8,13-17H2,1-3H3/p+1. The molecule has 0 aromatic heterocycles. The van der Waals surface area contributed by atoms with Gasteiger partial charge in [0.25, 0.3) is 0 Å². The first-order chi connectivity index (χ1) is 11.7. The zero-order valence-corrected chi connectivity index (χ0v) is 15.8. The predicted molar refractivity (Wildman–Crippen MR) is 103 cm³/mol. The third-order valence-electron chi connectivity index (χ3n) is 4.93. The van der Waals surface area contributed by atoms with Crippen molar-refractivity contribution in [3.05, 3.63) is 35.9 Å². The molecule has 0 amide bonds. The second-order valence-corrected chi connectivity index (χ2v) is 7.17. The molecule has 1 aromatic carbocycles. The third kappa shape index (κ3) is 6.56. The number of ether oxygens (including phenoxy) is 1. The summed E-state index contributed by atoms with van der Waals surface area (Å²) in [6.07, 6.45) is 9.12. The number of allylic oxidation sites excluding steroid dienone is 2. The molecule has 0 spiro atoms. The van der Waals surface area contributed by atoms with Crippen molar-refractivity contribution in [1.29, 1.82) is 0 Å². The Balaban J connectivity index is 1.60. The molecular weight excluding hydrogens is 296 g/mol. The Hall–Kier alpha value is -1.48. The number of quaternary nitrogens is 1. The van der Waals surface area contributed by atoms with Crippen LogP contribution >= 0.6 is 0 Å². The number of hydrogen-bond donors (Lipinski definition) is 1. The lowest BCUT2D eigenvalue weighted by Gasteiger charge is -2.33. The normalized spacial score (nSPS) is 15.4. The van der Waals surface area contributed by atoms with E-state index in [0.29, 0.717) is 0 Å². The molecule has 1 heterocycles. The summed E-state index contributed by atoms with van der Waals surface area (Å²) in [6, 6.07) is 8.45. The van der Waals surface area contributed by atoms with Crippen LogP contribution in [-0.2, 0) is 0 Å². The molecule has 3 nitrogen and oxygen atoms in total. The van der Waals surface area contributed by atoms with Crippen LogP contribution in [0.5, 0.6) is 5.75 Å². The van der Waals surface area contributed by atoms with Gasteiger partial charge in [0.1, 0.15) is 5.75 Å². The van der Waals surface area contributed by atoms with Crippen molar-refractivity contribution in [2.24, 2.45) is 0 Å². The molecular formula is C21H35N2O+. The van der Waals surface area contributed by atoms with Gasteiger partial charge in [-0.1, -0.05) is 24.1 Å². The van der Waals surface area contributed by atoms with Crippen LogP contribution in [0.3, 0.4) is 0 Å². The summed E-state index contributed by atoms with van der Waals surface area (Å²) in [4.78, 5) is 4.27. The largest absolute Gasteiger partial charge is 0.497 e. The van der Waals surface area contributed by atoms with Crippen LogP contribution in [0.25, 0.3) is 0 Å². The van der Waals surface area contributed by atoms with Gasteiger partial charge in [0.2, 0.25) is 0 Å². The zero-order chi connectivity index (χ0) is 17.2. The lowest BCUT2D eigenvalue weighted by molar-refractivity contribution is -0.900. The number of nitrogens with one attached hydrogen (secondary N) is 1. The zero-order valence-electron chi connectivity index (χ0n) is 15.8. The second kappa shape index (κ2) is 10.4. The summed E-state index contributed by atoms with van der Waals surface area (Å²) in [5.41, 5.74) is 2.75. The molecule has 0 radical (unpaired) electrons. The van der Waals surface area contributed by atoms with Crippen LogP contribution in [0.2, 0.25) is 0 Å². The first-order valence-corrected chi connectivity index (χ1v) is 9.55. The molecule has 2 rings (SSSR count). The molecule has 134 valence electrons. The van der Waals surface area contributed by atoms with Gasteiger partial charge < -0.3 is 14.5 Å². The molecule has 0 unspecified atom stereocenters. The van der Waals surface area contributed by atoms with Crippen molar-refractivity contribution >= 4 is 5.69 Å². The monoisotopic (exact) mass is 331 g/mol. The summed E-state index contributed by atoms with van der Waals surface area (Å²) in [7, 11) is 1.74. The molecule has 1 saturated heterocycles. The third-order valence-corrected chi connectivity index (χ3v) is 4.93. The van der Waals surface area contributed by atoms with Crippen molar-refractivity contribution in [2.45, 2.75) is 46.0 Å². The van der Waals surface area contributed by atoms with Crippen LogP contribution in [0.15, 0.2) is 35.9 Å². The summed E-state index contributed by atoms with van der Waals surface area (Å²) < 4.78 is 5.34. The Morgan fingerprint density at radius 2 is 1.88 bits per heavy atom. The molecule has 24 heavy (non-hydrogen) atoms. The fourth-order valence-electron chi connectivity index (χ4n) is 3.40. The SMILES string of the molecule is COc1cccc(N2CC[NH+](CCCCCCC=C(C)C)CC2)c1. The van der Waals surface area contributed by atoms with Gasteiger partial charge in [0.15, 0.2) is 0 Å². The van der Waals surface area contributed by atoms with E-state index in [0.717, 1.165) is 18.8 Å². The number of methoxy groups -OCH3 is 1. The Morgan fingerprint density at radius 3 is 2.58 bits per heavy atom. The van der Waals surface area contributed by atoms with Gasteiger partial charge in [0, 0.05) is 11.8 Å². The van der Waals surface area contributed by atoms with E-state index in [-0.39, 0.29) is 0 Å². The fourth-order valence-corrected chi connectivity index (χ4v) is 3.40. The van der Waals surface area contributed by atoms with Gasteiger partial charge in [-0.15, -0.1) is 0 Å². The van der Waals surface area contributed by atoms with Crippen molar-refractivity contribution in [1.82, 2.24) is 0 Å². The highest BCUT2D eigenvalue weighted by molar-refractivity contribution is 5.50. The molecule has 0 saturated carbocycles. The number of hydrogen-bond acceptors (Lipinski definition) is 2. The predicted octanol–water partition coefficient (Wildman–Crippen LogP) is 3.32. The number of unbranched alkanes of at least 4 members (excludes halogenated alkanes) is 4. The first-order valence-electron chi connectivity index (χ1n) is 9.55. The Labute approximate surface area is 148 Å². The van der Waals surface area contributed by atoms with Gasteiger partial charge in [-0.05, 0) is 51.7 Å². The van der Waals surface area contributed by atoms with Crippen LogP contribution in [-0.4, -0.2) is 39.8 Å². The van der Waals surface area contributed by atoms with Crippen LogP contribution in [0.1, 0.15) is 46.0 Å². The second-order valence-electron chi connectivity index (χ2n) is 7.17. The van der Waals surface area contributed by atoms with Crippen molar-refractivity contribution in [3.63, 3.8) is 0 Å². The van der Waals surface area contributed by atoms with Gasteiger partial charge in [0.05, 0.1) is 39.8 Å². The van der Waals surface area contributed by atoms with Crippen LogP contribution in [0, 0.1) is 0 Å². The molecule has 0 atom stereocenters. The molecule has 1 aliphatic heterocycles. The maximum absolute atomic E-state index is 5.34. The Kier molecular flexibility index (Phi) is 8.17. The fraction of sp³-hybridized carbons (Fsp3) is 0.619. The van der Waals surface area contributed by atoms with Crippen molar-refractivity contribution in [3.8, 4) is 5.75 Å². The highest BCUT2D eigenvalue weighted by atomic mass is 16.5. The lowest BCUT2D eigenvalue weighted by atomic mass is 10.1. The minimum atomic E-state index is 0.954. The number of nitrogens with zero attached hydrogens (tertiary/aromatic N) is 1. The number of benzene rings is 1. The minimum absolute atomic E-state index is 0.954. The van der Waals surface area contributed by atoms with E-state index in [4.69, 9.17) is 4.74 Å². The molecule has 0 bridgehead atoms. The van der Waals surface area contributed by atoms with E-state index in [1.807, 2.05) is 6.07 Å². The summed E-state index contributed by atoms with van der Waals surface area (Å²) >= 11 is 0. The smallest absolute Gasteiger partial charge is 0.120 e. The van der Waals surface area contributed by atoms with Gasteiger partial charge in [-0.25, -0.2) is 0 Å². The van der Waals surface area contributed by atoms with Gasteiger partial charge in [-0.3, -0.25) is 0 Å². The molecule has 1 aliphatic rings. The maximum atomic E-state index is 5.34. The number of piperazine rings is 1. The Bertz CT molecular complexity index is 500. The van der Waals surface area contributed by atoms with E-state index < -0.39 is 0 Å². The first kappa shape index (κ1) is 18.9. The van der Waals surface area contributed by atoms with Gasteiger partial charge >= 0.3 is 0 Å². The van der Waals surface area contributed by atoms with E-state index in [9.17, 15) is 0 Å².